The molecule has 0 amide bonds. The molecule has 0 bridgehead atoms. The van der Waals surface area contributed by atoms with Crippen molar-refractivity contribution < 1.29 is 14.7 Å². The van der Waals surface area contributed by atoms with Gasteiger partial charge in [0, 0.05) is 18.8 Å². The fraction of sp³-hybridized carbons (Fsp3) is 0.333. The minimum Gasteiger partial charge on any atom is -0.497 e. The smallest absolute Gasteiger partial charge is 0.192 e. The van der Waals surface area contributed by atoms with Crippen LogP contribution in [0.25, 0.3) is 16.7 Å². The molecule has 0 radical (unpaired) electrons. The molecule has 3 heterocycles. The predicted molar refractivity (Wildman–Crippen MR) is 113 cm³/mol. The zero-order chi connectivity index (χ0) is 21.1. The monoisotopic (exact) mass is 408 g/mol. The van der Waals surface area contributed by atoms with Crippen LogP contribution in [0.4, 0.5) is 0 Å². The van der Waals surface area contributed by atoms with Crippen LogP contribution in [-0.4, -0.2) is 49.2 Å². The van der Waals surface area contributed by atoms with Gasteiger partial charge in [-0.15, -0.1) is 5.10 Å². The van der Waals surface area contributed by atoms with Crippen LogP contribution >= 0.6 is 0 Å². The lowest BCUT2D eigenvalue weighted by atomic mass is 10.2. The van der Waals surface area contributed by atoms with Gasteiger partial charge in [-0.1, -0.05) is 5.16 Å². The molecule has 9 nitrogen and oxygen atoms in total. The maximum atomic E-state index is 9.18. The highest BCUT2D eigenvalue weighted by molar-refractivity contribution is 5.93. The Balaban J connectivity index is 1.54. The van der Waals surface area contributed by atoms with Gasteiger partial charge in [0.1, 0.15) is 17.7 Å². The first-order chi connectivity index (χ1) is 14.6. The molecule has 1 aromatic carbocycles. The average molecular weight is 408 g/mol. The molecule has 156 valence electrons. The lowest BCUT2D eigenvalue weighted by Crippen LogP contribution is -2.03. The summed E-state index contributed by atoms with van der Waals surface area (Å²) in [5.41, 5.74) is 4.71. The maximum Gasteiger partial charge on any atom is 0.192 e. The van der Waals surface area contributed by atoms with Crippen LogP contribution < -0.4 is 4.74 Å². The fourth-order valence-electron chi connectivity index (χ4n) is 3.42. The SMILES string of the molecule is COc1ccc(/C=N/OCc2nc3c4c(C)c(C)n(CCCO)c4ncn3n2)cc1. The van der Waals surface area contributed by atoms with E-state index in [0.29, 0.717) is 18.8 Å². The minimum atomic E-state index is 0.143. The Bertz CT molecular complexity index is 1190. The normalized spacial score (nSPS) is 11.7. The molecule has 0 saturated carbocycles. The molecular weight excluding hydrogens is 384 g/mol. The Hall–Kier alpha value is -3.46. The Morgan fingerprint density at radius 2 is 1.97 bits per heavy atom. The van der Waals surface area contributed by atoms with Crippen molar-refractivity contribution in [1.82, 2.24) is 24.1 Å². The molecule has 30 heavy (non-hydrogen) atoms. The highest BCUT2D eigenvalue weighted by atomic mass is 16.6. The van der Waals surface area contributed by atoms with Gasteiger partial charge in [0.25, 0.3) is 0 Å². The lowest BCUT2D eigenvalue weighted by molar-refractivity contribution is 0.126. The lowest BCUT2D eigenvalue weighted by Gasteiger charge is -2.05. The van der Waals surface area contributed by atoms with Gasteiger partial charge < -0.3 is 19.2 Å². The molecule has 0 aliphatic heterocycles. The first-order valence-corrected chi connectivity index (χ1v) is 9.72. The summed E-state index contributed by atoms with van der Waals surface area (Å²) in [4.78, 5) is 14.6. The van der Waals surface area contributed by atoms with E-state index in [2.05, 4.69) is 38.6 Å². The summed E-state index contributed by atoms with van der Waals surface area (Å²) >= 11 is 0. The Labute approximate surface area is 173 Å². The van der Waals surface area contributed by atoms with Crippen molar-refractivity contribution >= 4 is 22.9 Å². The van der Waals surface area contributed by atoms with Crippen LogP contribution in [0.2, 0.25) is 0 Å². The van der Waals surface area contributed by atoms with E-state index in [-0.39, 0.29) is 13.2 Å². The standard InChI is InChI=1S/C21H24N6O3/c1-14-15(2)26(9-4-10-28)20-19(14)21-24-18(25-27(21)13-22-20)12-30-23-11-16-5-7-17(29-3)8-6-16/h5-8,11,13,28H,4,9-10,12H2,1-3H3/b23-11+. The molecule has 4 rings (SSSR count). The van der Waals surface area contributed by atoms with Crippen LogP contribution in [0.3, 0.4) is 0 Å². The molecule has 4 aromatic rings. The van der Waals surface area contributed by atoms with Gasteiger partial charge in [-0.2, -0.15) is 0 Å². The van der Waals surface area contributed by atoms with Gasteiger partial charge in [0.2, 0.25) is 0 Å². The van der Waals surface area contributed by atoms with Gasteiger partial charge in [0.05, 0.1) is 18.7 Å². The van der Waals surface area contributed by atoms with Crippen LogP contribution in [-0.2, 0) is 18.0 Å². The third-order valence-electron chi connectivity index (χ3n) is 5.12. The van der Waals surface area contributed by atoms with Crippen molar-refractivity contribution in [3.8, 4) is 5.75 Å². The van der Waals surface area contributed by atoms with Gasteiger partial charge >= 0.3 is 0 Å². The number of rotatable bonds is 8. The number of nitrogens with zero attached hydrogens (tertiary/aromatic N) is 6. The van der Waals surface area contributed by atoms with Crippen molar-refractivity contribution in [3.05, 3.63) is 53.2 Å². The number of oxime groups is 1. The average Bonchev–Trinajstić information content (AvgIpc) is 3.29. The maximum absolute atomic E-state index is 9.18. The third kappa shape index (κ3) is 3.71. The highest BCUT2D eigenvalue weighted by Gasteiger charge is 2.17. The van der Waals surface area contributed by atoms with Gasteiger partial charge in [-0.3, -0.25) is 0 Å². The minimum absolute atomic E-state index is 0.143. The second-order valence-electron chi connectivity index (χ2n) is 6.96. The van der Waals surface area contributed by atoms with Crippen LogP contribution in [0, 0.1) is 13.8 Å². The molecule has 0 atom stereocenters. The van der Waals surface area contributed by atoms with E-state index in [4.69, 9.17) is 9.57 Å². The highest BCUT2D eigenvalue weighted by Crippen LogP contribution is 2.27. The number of aliphatic hydroxyl groups excluding tert-OH is 1. The molecule has 9 heteroatoms. The van der Waals surface area contributed by atoms with E-state index in [9.17, 15) is 5.11 Å². The quantitative estimate of drug-likeness (QED) is 0.355. The van der Waals surface area contributed by atoms with Gasteiger partial charge in [-0.05, 0) is 55.7 Å². The summed E-state index contributed by atoms with van der Waals surface area (Å²) in [5.74, 6) is 1.31. The topological polar surface area (TPSA) is 99.1 Å². The molecule has 0 aliphatic carbocycles. The van der Waals surface area contributed by atoms with E-state index in [1.807, 2.05) is 24.3 Å². The fourth-order valence-corrected chi connectivity index (χ4v) is 3.42. The molecule has 1 N–H and O–H groups in total. The van der Waals surface area contributed by atoms with Crippen LogP contribution in [0.5, 0.6) is 5.75 Å². The molecule has 0 fully saturated rings. The number of ether oxygens (including phenoxy) is 1. The molecule has 0 unspecified atom stereocenters. The second-order valence-corrected chi connectivity index (χ2v) is 6.96. The number of aryl methyl sites for hydroxylation is 2. The molecule has 3 aromatic heterocycles. The predicted octanol–water partition coefficient (Wildman–Crippen LogP) is 2.64. The summed E-state index contributed by atoms with van der Waals surface area (Å²) in [5, 5.41) is 18.6. The van der Waals surface area contributed by atoms with E-state index in [1.165, 1.54) is 0 Å². The van der Waals surface area contributed by atoms with Crippen molar-refractivity contribution in [2.45, 2.75) is 33.4 Å². The van der Waals surface area contributed by atoms with E-state index >= 15 is 0 Å². The zero-order valence-electron chi connectivity index (χ0n) is 17.2. The zero-order valence-corrected chi connectivity index (χ0v) is 17.2. The van der Waals surface area contributed by atoms with Crippen molar-refractivity contribution in [3.63, 3.8) is 0 Å². The number of aromatic nitrogens is 5. The summed E-state index contributed by atoms with van der Waals surface area (Å²) in [6.07, 6.45) is 3.96. The first kappa shape index (κ1) is 19.8. The number of hydrogen-bond donors (Lipinski definition) is 1. The van der Waals surface area contributed by atoms with Crippen LogP contribution in [0.15, 0.2) is 35.7 Å². The van der Waals surface area contributed by atoms with Gasteiger partial charge in [-0.25, -0.2) is 14.5 Å². The molecule has 0 aliphatic rings. The third-order valence-corrected chi connectivity index (χ3v) is 5.12. The summed E-state index contributed by atoms with van der Waals surface area (Å²) < 4.78 is 8.92. The second kappa shape index (κ2) is 8.50. The summed E-state index contributed by atoms with van der Waals surface area (Å²) in [6.45, 7) is 5.11. The summed E-state index contributed by atoms with van der Waals surface area (Å²) in [7, 11) is 1.63. The Morgan fingerprint density at radius 3 is 2.70 bits per heavy atom. The van der Waals surface area contributed by atoms with E-state index in [1.54, 1.807) is 24.2 Å². The molecular formula is C21H24N6O3. The largest absolute Gasteiger partial charge is 0.497 e. The number of benzene rings is 1. The number of methoxy groups -OCH3 is 1. The van der Waals surface area contributed by atoms with Crippen molar-refractivity contribution in [2.75, 3.05) is 13.7 Å². The number of hydrogen-bond acceptors (Lipinski definition) is 7. The van der Waals surface area contributed by atoms with Gasteiger partial charge in [0.15, 0.2) is 18.1 Å². The summed E-state index contributed by atoms with van der Waals surface area (Å²) in [6, 6.07) is 7.51. The Kier molecular flexibility index (Phi) is 5.62. The van der Waals surface area contributed by atoms with E-state index in [0.717, 1.165) is 39.3 Å². The first-order valence-electron chi connectivity index (χ1n) is 9.72. The van der Waals surface area contributed by atoms with Crippen molar-refractivity contribution in [2.24, 2.45) is 5.16 Å². The number of aliphatic hydroxyl groups is 1. The van der Waals surface area contributed by atoms with E-state index < -0.39 is 0 Å². The van der Waals surface area contributed by atoms with Crippen LogP contribution in [0.1, 0.15) is 29.1 Å². The molecule has 0 saturated heterocycles. The number of fused-ring (bicyclic) bond motifs is 3. The Morgan fingerprint density at radius 1 is 1.17 bits per heavy atom. The molecule has 0 spiro atoms. The van der Waals surface area contributed by atoms with Crippen molar-refractivity contribution in [1.29, 1.82) is 0 Å².